The van der Waals surface area contributed by atoms with Gasteiger partial charge in [-0.1, -0.05) is 0 Å². The smallest absolute Gasteiger partial charge is 0.303 e. The average Bonchev–Trinajstić information content (AvgIpc) is 2.86. The van der Waals surface area contributed by atoms with Crippen molar-refractivity contribution in [3.8, 4) is 0 Å². The highest BCUT2D eigenvalue weighted by Gasteiger charge is 2.58. The summed E-state index contributed by atoms with van der Waals surface area (Å²) in [6.07, 6.45) is -5.92. The minimum atomic E-state index is -1.60. The molecule has 10 atom stereocenters. The van der Waals surface area contributed by atoms with Crippen molar-refractivity contribution < 1.29 is 49.3 Å². The summed E-state index contributed by atoms with van der Waals surface area (Å²) in [4.78, 5) is 11.5. The number of carbonyl (C=O) groups excluding carboxylic acids is 1. The van der Waals surface area contributed by atoms with Crippen molar-refractivity contribution in [2.45, 2.75) is 69.0 Å². The second-order valence-electron chi connectivity index (χ2n) is 7.45. The van der Waals surface area contributed by atoms with Crippen LogP contribution in [0, 0.1) is 11.8 Å². The molecule has 0 bridgehead atoms. The van der Waals surface area contributed by atoms with Gasteiger partial charge in [0, 0.05) is 19.3 Å². The van der Waals surface area contributed by atoms with Gasteiger partial charge in [0.1, 0.15) is 30.0 Å². The van der Waals surface area contributed by atoms with Gasteiger partial charge in [0.2, 0.25) is 6.29 Å². The SMILES string of the molecule is CC(=O)O[C@@]1(C)C[C@@H](O)C2C=CO[C@@H](O[C@@H]3O[C@H](CO)[C@@H](O)[C@H](O)[C@H]3O)C21. The lowest BCUT2D eigenvalue weighted by molar-refractivity contribution is -0.346. The minimum absolute atomic E-state index is 0.171. The van der Waals surface area contributed by atoms with Gasteiger partial charge < -0.3 is 44.5 Å². The summed E-state index contributed by atoms with van der Waals surface area (Å²) in [6.45, 7) is 2.33. The molecule has 0 aromatic carbocycles. The Morgan fingerprint density at radius 2 is 1.89 bits per heavy atom. The van der Waals surface area contributed by atoms with Gasteiger partial charge in [0.15, 0.2) is 6.29 Å². The van der Waals surface area contributed by atoms with Gasteiger partial charge >= 0.3 is 5.97 Å². The Kier molecular flexibility index (Phi) is 5.78. The molecule has 2 unspecified atom stereocenters. The van der Waals surface area contributed by atoms with Crippen LogP contribution >= 0.6 is 0 Å². The van der Waals surface area contributed by atoms with E-state index in [0.717, 1.165) is 0 Å². The van der Waals surface area contributed by atoms with E-state index in [1.54, 1.807) is 13.0 Å². The first-order valence-electron chi connectivity index (χ1n) is 8.83. The molecule has 3 aliphatic rings. The van der Waals surface area contributed by atoms with E-state index in [4.69, 9.17) is 18.9 Å². The van der Waals surface area contributed by atoms with Crippen LogP contribution in [0.1, 0.15) is 20.3 Å². The Labute approximate surface area is 155 Å². The summed E-state index contributed by atoms with van der Waals surface area (Å²) in [7, 11) is 0. The number of aliphatic hydroxyl groups is 5. The summed E-state index contributed by atoms with van der Waals surface area (Å²) in [5, 5.41) is 49.6. The van der Waals surface area contributed by atoms with Gasteiger partial charge in [0.25, 0.3) is 0 Å². The zero-order valence-electron chi connectivity index (χ0n) is 15.0. The Balaban J connectivity index is 1.81. The number of hydrogen-bond acceptors (Lipinski definition) is 10. The molecule has 3 rings (SSSR count). The predicted molar refractivity (Wildman–Crippen MR) is 86.6 cm³/mol. The predicted octanol–water partition coefficient (Wildman–Crippen LogP) is -2.01. The first-order chi connectivity index (χ1) is 12.7. The van der Waals surface area contributed by atoms with Crippen LogP contribution in [0.15, 0.2) is 12.3 Å². The minimum Gasteiger partial charge on any atom is -0.472 e. The summed E-state index contributed by atoms with van der Waals surface area (Å²) in [5.74, 6) is -1.54. The fourth-order valence-corrected chi connectivity index (χ4v) is 4.22. The van der Waals surface area contributed by atoms with E-state index >= 15 is 0 Å². The van der Waals surface area contributed by atoms with Gasteiger partial charge in [0.05, 0.1) is 24.9 Å². The normalized spacial score (nSPS) is 49.4. The molecule has 1 aliphatic carbocycles. The molecule has 2 aliphatic heterocycles. The molecule has 0 amide bonds. The van der Waals surface area contributed by atoms with Gasteiger partial charge in [-0.15, -0.1) is 0 Å². The van der Waals surface area contributed by atoms with Crippen molar-refractivity contribution in [1.82, 2.24) is 0 Å². The summed E-state index contributed by atoms with van der Waals surface area (Å²) in [5.41, 5.74) is -1.08. The highest BCUT2D eigenvalue weighted by atomic mass is 16.8. The van der Waals surface area contributed by atoms with Crippen LogP contribution in [0.2, 0.25) is 0 Å². The van der Waals surface area contributed by atoms with E-state index in [-0.39, 0.29) is 6.42 Å². The lowest BCUT2D eigenvalue weighted by atomic mass is 9.84. The van der Waals surface area contributed by atoms with E-state index in [1.807, 2.05) is 0 Å². The van der Waals surface area contributed by atoms with E-state index in [2.05, 4.69) is 0 Å². The maximum Gasteiger partial charge on any atom is 0.303 e. The zero-order valence-corrected chi connectivity index (χ0v) is 15.0. The summed E-state index contributed by atoms with van der Waals surface area (Å²) >= 11 is 0. The van der Waals surface area contributed by atoms with Crippen LogP contribution in [-0.4, -0.2) is 86.8 Å². The Bertz CT molecular complexity index is 580. The first-order valence-corrected chi connectivity index (χ1v) is 8.83. The lowest BCUT2D eigenvalue weighted by Gasteiger charge is -2.44. The molecule has 1 saturated carbocycles. The molecular formula is C17H26O10. The first kappa shape index (κ1) is 20.5. The third-order valence-corrected chi connectivity index (χ3v) is 5.48. The van der Waals surface area contributed by atoms with Crippen molar-refractivity contribution >= 4 is 5.97 Å². The molecule has 0 aromatic heterocycles. The second kappa shape index (κ2) is 7.63. The fraction of sp³-hybridized carbons (Fsp3) is 0.824. The highest BCUT2D eigenvalue weighted by Crippen LogP contribution is 2.48. The molecule has 2 fully saturated rings. The molecule has 0 radical (unpaired) electrons. The van der Waals surface area contributed by atoms with Gasteiger partial charge in [-0.3, -0.25) is 4.79 Å². The van der Waals surface area contributed by atoms with Crippen molar-refractivity contribution in [3.05, 3.63) is 12.3 Å². The molecule has 1 saturated heterocycles. The maximum absolute atomic E-state index is 11.5. The van der Waals surface area contributed by atoms with Gasteiger partial charge in [-0.25, -0.2) is 0 Å². The zero-order chi connectivity index (χ0) is 19.9. The standard InChI is InChI=1S/C17H26O10/c1-7(19)27-17(2)5-9(20)8-3-4-24-15(11(8)17)26-16-14(23)13(22)12(21)10(6-18)25-16/h3-4,8-16,18,20-23H,5-6H2,1-2H3/t8?,9-,10-,11?,12-,13+,14-,15+,16+,17+/m1/s1. The van der Waals surface area contributed by atoms with Crippen LogP contribution < -0.4 is 0 Å². The lowest BCUT2D eigenvalue weighted by Crippen LogP contribution is -2.60. The quantitative estimate of drug-likeness (QED) is 0.340. The highest BCUT2D eigenvalue weighted by molar-refractivity contribution is 5.66. The van der Waals surface area contributed by atoms with Gasteiger partial charge in [-0.05, 0) is 13.0 Å². The average molecular weight is 390 g/mol. The van der Waals surface area contributed by atoms with Crippen molar-refractivity contribution in [1.29, 1.82) is 0 Å². The molecule has 0 aromatic rings. The van der Waals surface area contributed by atoms with Crippen molar-refractivity contribution in [2.75, 3.05) is 6.61 Å². The number of rotatable bonds is 4. The third kappa shape index (κ3) is 3.70. The van der Waals surface area contributed by atoms with Crippen LogP contribution in [0.3, 0.4) is 0 Å². The summed E-state index contributed by atoms with van der Waals surface area (Å²) in [6, 6.07) is 0. The molecular weight excluding hydrogens is 364 g/mol. The fourth-order valence-electron chi connectivity index (χ4n) is 4.22. The van der Waals surface area contributed by atoms with Crippen LogP contribution in [0.4, 0.5) is 0 Å². The molecule has 5 N–H and O–H groups in total. The number of esters is 1. The van der Waals surface area contributed by atoms with Crippen LogP contribution in [0.25, 0.3) is 0 Å². The molecule has 2 heterocycles. The molecule has 154 valence electrons. The van der Waals surface area contributed by atoms with Crippen LogP contribution in [0.5, 0.6) is 0 Å². The number of carbonyl (C=O) groups is 1. The van der Waals surface area contributed by atoms with Crippen LogP contribution in [-0.2, 0) is 23.7 Å². The van der Waals surface area contributed by atoms with Crippen molar-refractivity contribution in [2.24, 2.45) is 11.8 Å². The third-order valence-electron chi connectivity index (χ3n) is 5.48. The molecule has 27 heavy (non-hydrogen) atoms. The molecule has 10 heteroatoms. The second-order valence-corrected chi connectivity index (χ2v) is 7.45. The number of fused-ring (bicyclic) bond motifs is 1. The maximum atomic E-state index is 11.5. The van der Waals surface area contributed by atoms with Crippen molar-refractivity contribution in [3.63, 3.8) is 0 Å². The Morgan fingerprint density at radius 1 is 1.19 bits per heavy atom. The Hall–Kier alpha value is -1.27. The number of ether oxygens (including phenoxy) is 4. The largest absolute Gasteiger partial charge is 0.472 e. The van der Waals surface area contributed by atoms with Gasteiger partial charge in [-0.2, -0.15) is 0 Å². The molecule has 0 spiro atoms. The number of aliphatic hydroxyl groups excluding tert-OH is 5. The van der Waals surface area contributed by atoms with E-state index in [1.165, 1.54) is 13.2 Å². The number of hydrogen-bond donors (Lipinski definition) is 5. The summed E-state index contributed by atoms with van der Waals surface area (Å²) < 4.78 is 22.0. The molecule has 10 nitrogen and oxygen atoms in total. The van der Waals surface area contributed by atoms with E-state index < -0.39 is 73.1 Å². The monoisotopic (exact) mass is 390 g/mol. The topological polar surface area (TPSA) is 155 Å². The van der Waals surface area contributed by atoms with E-state index in [0.29, 0.717) is 0 Å². The Morgan fingerprint density at radius 3 is 2.52 bits per heavy atom. The van der Waals surface area contributed by atoms with E-state index in [9.17, 15) is 30.3 Å².